The van der Waals surface area contributed by atoms with Gasteiger partial charge in [0.15, 0.2) is 0 Å². The molecule has 16 heavy (non-hydrogen) atoms. The largest absolute Gasteiger partial charge is 0.333 e. The van der Waals surface area contributed by atoms with E-state index in [1.807, 2.05) is 52.8 Å². The van der Waals surface area contributed by atoms with Crippen LogP contribution in [0.5, 0.6) is 0 Å². The van der Waals surface area contributed by atoms with E-state index in [4.69, 9.17) is 0 Å². The molecule has 2 N–H and O–H groups in total. The fourth-order valence-electron chi connectivity index (χ4n) is 1.50. The van der Waals surface area contributed by atoms with Gasteiger partial charge in [-0.1, -0.05) is 18.2 Å². The van der Waals surface area contributed by atoms with Crippen molar-refractivity contribution in [3.63, 3.8) is 0 Å². The van der Waals surface area contributed by atoms with Crippen molar-refractivity contribution in [1.29, 1.82) is 0 Å². The van der Waals surface area contributed by atoms with Crippen molar-refractivity contribution in [3.8, 4) is 0 Å². The molecule has 1 aromatic rings. The molecule has 1 rings (SSSR count). The van der Waals surface area contributed by atoms with Gasteiger partial charge in [0.05, 0.1) is 0 Å². The Morgan fingerprint density at radius 3 is 2.06 bits per heavy atom. The van der Waals surface area contributed by atoms with Gasteiger partial charge in [0, 0.05) is 11.2 Å². The summed E-state index contributed by atoms with van der Waals surface area (Å²) in [6, 6.07) is 5.79. The molecule has 88 valence electrons. The molecule has 0 unspecified atom stereocenters. The zero-order valence-corrected chi connectivity index (χ0v) is 10.6. The third-order valence-corrected chi connectivity index (χ3v) is 2.21. The van der Waals surface area contributed by atoms with E-state index in [2.05, 4.69) is 10.6 Å². The predicted molar refractivity (Wildman–Crippen MR) is 67.8 cm³/mol. The van der Waals surface area contributed by atoms with Gasteiger partial charge in [0.1, 0.15) is 0 Å². The number of benzene rings is 1. The minimum atomic E-state index is -0.222. The lowest BCUT2D eigenvalue weighted by atomic mass is 10.1. The fourth-order valence-corrected chi connectivity index (χ4v) is 1.50. The molecular formula is C13H20N2O. The Bertz CT molecular complexity index is 371. The van der Waals surface area contributed by atoms with Gasteiger partial charge >= 0.3 is 6.03 Å². The van der Waals surface area contributed by atoms with Crippen molar-refractivity contribution in [3.05, 3.63) is 29.3 Å². The van der Waals surface area contributed by atoms with Gasteiger partial charge in [-0.25, -0.2) is 4.79 Å². The smallest absolute Gasteiger partial charge is 0.319 e. The summed E-state index contributed by atoms with van der Waals surface area (Å²) in [5.74, 6) is 0. The van der Waals surface area contributed by atoms with Gasteiger partial charge in [0.2, 0.25) is 0 Å². The maximum atomic E-state index is 11.7. The monoisotopic (exact) mass is 220 g/mol. The van der Waals surface area contributed by atoms with Gasteiger partial charge in [0.25, 0.3) is 0 Å². The van der Waals surface area contributed by atoms with E-state index in [-0.39, 0.29) is 11.6 Å². The van der Waals surface area contributed by atoms with Crippen LogP contribution in [0.3, 0.4) is 0 Å². The molecule has 0 aliphatic heterocycles. The summed E-state index contributed by atoms with van der Waals surface area (Å²) in [6.07, 6.45) is 0. The van der Waals surface area contributed by atoms with Gasteiger partial charge < -0.3 is 10.6 Å². The van der Waals surface area contributed by atoms with Crippen LogP contribution in [0.15, 0.2) is 18.2 Å². The average Bonchev–Trinajstić information content (AvgIpc) is 2.08. The van der Waals surface area contributed by atoms with Gasteiger partial charge in [-0.3, -0.25) is 0 Å². The third kappa shape index (κ3) is 3.57. The Balaban J connectivity index is 2.78. The number of amides is 2. The number of aryl methyl sites for hydroxylation is 2. The number of rotatable bonds is 1. The minimum absolute atomic E-state index is 0.162. The molecule has 2 amide bonds. The van der Waals surface area contributed by atoms with E-state index in [1.54, 1.807) is 0 Å². The highest BCUT2D eigenvalue weighted by Gasteiger charge is 2.14. The van der Waals surface area contributed by atoms with Crippen LogP contribution in [0.25, 0.3) is 0 Å². The van der Waals surface area contributed by atoms with Crippen molar-refractivity contribution in [2.75, 3.05) is 5.32 Å². The first-order valence-corrected chi connectivity index (χ1v) is 5.45. The van der Waals surface area contributed by atoms with Crippen LogP contribution >= 0.6 is 0 Å². The molecular weight excluding hydrogens is 200 g/mol. The number of hydrogen-bond donors (Lipinski definition) is 2. The maximum absolute atomic E-state index is 11.7. The second-order valence-electron chi connectivity index (χ2n) is 5.10. The molecule has 0 saturated carbocycles. The van der Waals surface area contributed by atoms with Crippen molar-refractivity contribution >= 4 is 11.7 Å². The van der Waals surface area contributed by atoms with E-state index in [0.29, 0.717) is 0 Å². The predicted octanol–water partition coefficient (Wildman–Crippen LogP) is 3.22. The summed E-state index contributed by atoms with van der Waals surface area (Å²) in [6.45, 7) is 9.84. The first-order chi connectivity index (χ1) is 7.29. The molecule has 3 heteroatoms. The quantitative estimate of drug-likeness (QED) is 0.749. The van der Waals surface area contributed by atoms with Crippen molar-refractivity contribution in [2.24, 2.45) is 0 Å². The lowest BCUT2D eigenvalue weighted by Gasteiger charge is -2.21. The molecule has 1 aromatic carbocycles. The number of anilines is 1. The van der Waals surface area contributed by atoms with Gasteiger partial charge in [-0.15, -0.1) is 0 Å². The SMILES string of the molecule is Cc1cccc(C)c1NC(=O)NC(C)(C)C. The summed E-state index contributed by atoms with van der Waals surface area (Å²) >= 11 is 0. The second-order valence-corrected chi connectivity index (χ2v) is 5.10. The lowest BCUT2D eigenvalue weighted by Crippen LogP contribution is -2.43. The van der Waals surface area contributed by atoms with E-state index in [0.717, 1.165) is 16.8 Å². The molecule has 3 nitrogen and oxygen atoms in total. The number of carbonyl (C=O) groups is 1. The topological polar surface area (TPSA) is 41.1 Å². The van der Waals surface area contributed by atoms with Crippen molar-refractivity contribution in [2.45, 2.75) is 40.2 Å². The Hall–Kier alpha value is -1.51. The van der Waals surface area contributed by atoms with E-state index in [1.165, 1.54) is 0 Å². The molecule has 0 heterocycles. The molecule has 0 radical (unpaired) electrons. The first kappa shape index (κ1) is 12.6. The Labute approximate surface area is 97.2 Å². The van der Waals surface area contributed by atoms with E-state index in [9.17, 15) is 4.79 Å². The molecule has 0 atom stereocenters. The van der Waals surface area contributed by atoms with Crippen molar-refractivity contribution < 1.29 is 4.79 Å². The highest BCUT2D eigenvalue weighted by atomic mass is 16.2. The number of carbonyl (C=O) groups excluding carboxylic acids is 1. The van der Waals surface area contributed by atoms with Crippen LogP contribution in [0, 0.1) is 13.8 Å². The maximum Gasteiger partial charge on any atom is 0.319 e. The van der Waals surface area contributed by atoms with Crippen LogP contribution in [0.4, 0.5) is 10.5 Å². The Morgan fingerprint density at radius 2 is 1.62 bits per heavy atom. The van der Waals surface area contributed by atoms with E-state index < -0.39 is 0 Å². The zero-order valence-electron chi connectivity index (χ0n) is 10.6. The zero-order chi connectivity index (χ0) is 12.3. The van der Waals surface area contributed by atoms with Crippen molar-refractivity contribution in [1.82, 2.24) is 5.32 Å². The number of nitrogens with one attached hydrogen (secondary N) is 2. The highest BCUT2D eigenvalue weighted by Crippen LogP contribution is 2.19. The van der Waals surface area contributed by atoms with Crippen LogP contribution in [-0.4, -0.2) is 11.6 Å². The summed E-state index contributed by atoms with van der Waals surface area (Å²) in [5, 5.41) is 5.76. The van der Waals surface area contributed by atoms with Crippen LogP contribution < -0.4 is 10.6 Å². The second kappa shape index (κ2) is 4.56. The minimum Gasteiger partial charge on any atom is -0.333 e. The third-order valence-electron chi connectivity index (χ3n) is 2.21. The molecule has 0 aromatic heterocycles. The Morgan fingerprint density at radius 1 is 1.12 bits per heavy atom. The highest BCUT2D eigenvalue weighted by molar-refractivity contribution is 5.91. The standard InChI is InChI=1S/C13H20N2O/c1-9-7-6-8-10(2)11(9)14-12(16)15-13(3,4)5/h6-8H,1-5H3,(H2,14,15,16). The molecule has 0 spiro atoms. The fraction of sp³-hybridized carbons (Fsp3) is 0.462. The Kier molecular flexibility index (Phi) is 3.58. The lowest BCUT2D eigenvalue weighted by molar-refractivity contribution is 0.244. The molecule has 0 aliphatic carbocycles. The summed E-state index contributed by atoms with van der Waals surface area (Å²) in [5.41, 5.74) is 2.82. The molecule has 0 saturated heterocycles. The number of hydrogen-bond acceptors (Lipinski definition) is 1. The number of urea groups is 1. The van der Waals surface area contributed by atoms with Crippen LogP contribution in [0.1, 0.15) is 31.9 Å². The first-order valence-electron chi connectivity index (χ1n) is 5.45. The average molecular weight is 220 g/mol. The number of para-hydroxylation sites is 1. The summed E-state index contributed by atoms with van der Waals surface area (Å²) in [4.78, 5) is 11.7. The van der Waals surface area contributed by atoms with Crippen LogP contribution in [0.2, 0.25) is 0 Å². The summed E-state index contributed by atoms with van der Waals surface area (Å²) in [7, 11) is 0. The normalized spacial score (nSPS) is 11.1. The molecule has 0 bridgehead atoms. The molecule has 0 aliphatic rings. The summed E-state index contributed by atoms with van der Waals surface area (Å²) < 4.78 is 0. The molecule has 0 fully saturated rings. The van der Waals surface area contributed by atoms with Crippen LogP contribution in [-0.2, 0) is 0 Å². The van der Waals surface area contributed by atoms with Gasteiger partial charge in [-0.2, -0.15) is 0 Å². The van der Waals surface area contributed by atoms with E-state index >= 15 is 0 Å². The van der Waals surface area contributed by atoms with Gasteiger partial charge in [-0.05, 0) is 45.7 Å².